The van der Waals surface area contributed by atoms with Gasteiger partial charge in [0.2, 0.25) is 0 Å². The molecule has 2 heteroatoms. The SMILES string of the molecule is C1=Cc2c(c3cc(-c4ccccc4)ccc3n2-c2ccc3c(-c4ccc5ccccc5c4)c4ccccc4c(-c4ccc5ccccc5c4)c3c2)CN1. The summed E-state index contributed by atoms with van der Waals surface area (Å²) in [7, 11) is 0. The second-order valence-corrected chi connectivity index (χ2v) is 14.2. The predicted molar refractivity (Wildman–Crippen MR) is 225 cm³/mol. The van der Waals surface area contributed by atoms with Crippen molar-refractivity contribution in [1.82, 2.24) is 9.88 Å². The summed E-state index contributed by atoms with van der Waals surface area (Å²) in [6.07, 6.45) is 4.32. The van der Waals surface area contributed by atoms with Crippen molar-refractivity contribution < 1.29 is 0 Å². The van der Waals surface area contributed by atoms with Crippen LogP contribution in [0.25, 0.3) is 99.1 Å². The van der Waals surface area contributed by atoms with Crippen molar-refractivity contribution in [1.29, 1.82) is 0 Å². The van der Waals surface area contributed by atoms with Gasteiger partial charge in [-0.2, -0.15) is 0 Å². The van der Waals surface area contributed by atoms with Crippen LogP contribution in [0, 0.1) is 0 Å². The Bertz CT molecular complexity index is 3110. The highest BCUT2D eigenvalue weighted by atomic mass is 15.0. The first-order valence-corrected chi connectivity index (χ1v) is 18.4. The lowest BCUT2D eigenvalue weighted by atomic mass is 9.85. The minimum absolute atomic E-state index is 0.792. The van der Waals surface area contributed by atoms with E-state index in [0.29, 0.717) is 0 Å². The van der Waals surface area contributed by atoms with Crippen molar-refractivity contribution in [2.45, 2.75) is 6.54 Å². The van der Waals surface area contributed by atoms with Gasteiger partial charge >= 0.3 is 0 Å². The van der Waals surface area contributed by atoms with Crippen molar-refractivity contribution in [2.24, 2.45) is 0 Å². The van der Waals surface area contributed by atoms with Crippen LogP contribution in [-0.2, 0) is 6.54 Å². The normalized spacial score (nSPS) is 12.5. The summed E-state index contributed by atoms with van der Waals surface area (Å²) in [5, 5.41) is 14.8. The number of aromatic nitrogens is 1. The molecule has 10 aromatic rings. The number of benzene rings is 9. The van der Waals surface area contributed by atoms with E-state index in [4.69, 9.17) is 0 Å². The summed E-state index contributed by atoms with van der Waals surface area (Å²) in [5.74, 6) is 0. The average Bonchev–Trinajstić information content (AvgIpc) is 3.56. The standard InChI is InChI=1S/C51H34N2/c1-2-10-33(11-3-1)38-22-25-48-45(30-38)47-32-52-27-26-49(47)53(48)41-23-24-44-46(31-41)51(40-21-19-35-13-5-7-15-37(35)29-40)43-17-9-8-16-42(43)50(44)39-20-18-34-12-4-6-14-36(34)28-39/h1-31,52H,32H2. The van der Waals surface area contributed by atoms with Gasteiger partial charge in [-0.3, -0.25) is 0 Å². The maximum atomic E-state index is 3.50. The summed E-state index contributed by atoms with van der Waals surface area (Å²) in [5.41, 5.74) is 12.4. The predicted octanol–water partition coefficient (Wildman–Crippen LogP) is 13.3. The Labute approximate surface area is 307 Å². The Morgan fingerprint density at radius 3 is 1.68 bits per heavy atom. The number of nitrogens with zero attached hydrogens (tertiary/aromatic N) is 1. The van der Waals surface area contributed by atoms with E-state index in [9.17, 15) is 0 Å². The molecule has 1 aromatic heterocycles. The van der Waals surface area contributed by atoms with Gasteiger partial charge in [0.15, 0.2) is 0 Å². The first kappa shape index (κ1) is 29.8. The van der Waals surface area contributed by atoms with Gasteiger partial charge < -0.3 is 9.88 Å². The fraction of sp³-hybridized carbons (Fsp3) is 0.0196. The molecule has 1 N–H and O–H groups in total. The van der Waals surface area contributed by atoms with Gasteiger partial charge in [0.25, 0.3) is 0 Å². The fourth-order valence-corrected chi connectivity index (χ4v) is 8.74. The van der Waals surface area contributed by atoms with Gasteiger partial charge in [-0.25, -0.2) is 0 Å². The number of hydrogen-bond acceptors (Lipinski definition) is 1. The van der Waals surface area contributed by atoms with E-state index in [-0.39, 0.29) is 0 Å². The topological polar surface area (TPSA) is 17.0 Å². The number of fused-ring (bicyclic) bond motifs is 7. The molecule has 248 valence electrons. The Morgan fingerprint density at radius 1 is 0.396 bits per heavy atom. The molecule has 1 aliphatic heterocycles. The van der Waals surface area contributed by atoms with Gasteiger partial charge in [0.1, 0.15) is 0 Å². The van der Waals surface area contributed by atoms with Gasteiger partial charge in [-0.15, -0.1) is 0 Å². The molecule has 0 saturated heterocycles. The molecule has 0 amide bonds. The largest absolute Gasteiger partial charge is 0.387 e. The van der Waals surface area contributed by atoms with Crippen molar-refractivity contribution in [3.63, 3.8) is 0 Å². The van der Waals surface area contributed by atoms with E-state index in [2.05, 4.69) is 198 Å². The molecule has 0 fully saturated rings. The van der Waals surface area contributed by atoms with Crippen LogP contribution in [-0.4, -0.2) is 4.57 Å². The minimum Gasteiger partial charge on any atom is -0.387 e. The van der Waals surface area contributed by atoms with Crippen molar-refractivity contribution in [2.75, 3.05) is 0 Å². The van der Waals surface area contributed by atoms with Gasteiger partial charge in [0.05, 0.1) is 11.2 Å². The monoisotopic (exact) mass is 674 g/mol. The molecule has 2 nitrogen and oxygen atoms in total. The first-order valence-electron chi connectivity index (χ1n) is 18.4. The number of rotatable bonds is 4. The Kier molecular flexibility index (Phi) is 6.65. The first-order chi connectivity index (χ1) is 26.3. The highest BCUT2D eigenvalue weighted by Gasteiger charge is 2.22. The second-order valence-electron chi connectivity index (χ2n) is 14.2. The smallest absolute Gasteiger partial charge is 0.0538 e. The zero-order chi connectivity index (χ0) is 34.9. The van der Waals surface area contributed by atoms with Gasteiger partial charge in [0, 0.05) is 23.2 Å². The van der Waals surface area contributed by atoms with E-state index < -0.39 is 0 Å². The van der Waals surface area contributed by atoms with Crippen molar-refractivity contribution in [3.8, 4) is 39.1 Å². The lowest BCUT2D eigenvalue weighted by Gasteiger charge is -2.20. The zero-order valence-electron chi connectivity index (χ0n) is 29.1. The summed E-state index contributed by atoms with van der Waals surface area (Å²) >= 11 is 0. The third-order valence-electron chi connectivity index (χ3n) is 11.2. The molecule has 53 heavy (non-hydrogen) atoms. The van der Waals surface area contributed by atoms with E-state index in [0.717, 1.165) is 12.2 Å². The van der Waals surface area contributed by atoms with Crippen LogP contribution in [0.15, 0.2) is 182 Å². The number of nitrogens with one attached hydrogen (secondary N) is 1. The average molecular weight is 675 g/mol. The lowest BCUT2D eigenvalue weighted by molar-refractivity contribution is 0.856. The molecule has 1 aliphatic rings. The highest BCUT2D eigenvalue weighted by molar-refractivity contribution is 6.22. The summed E-state index contributed by atoms with van der Waals surface area (Å²) in [6.45, 7) is 0.792. The van der Waals surface area contributed by atoms with Crippen molar-refractivity contribution in [3.05, 3.63) is 193 Å². The summed E-state index contributed by atoms with van der Waals surface area (Å²) in [6, 6.07) is 64.9. The number of hydrogen-bond donors (Lipinski definition) is 1. The molecule has 0 atom stereocenters. The van der Waals surface area contributed by atoms with E-state index in [1.165, 1.54) is 98.6 Å². The fourth-order valence-electron chi connectivity index (χ4n) is 8.74. The Hall–Kier alpha value is -6.90. The highest BCUT2D eigenvalue weighted by Crippen LogP contribution is 2.46. The third-order valence-corrected chi connectivity index (χ3v) is 11.2. The Morgan fingerprint density at radius 2 is 0.981 bits per heavy atom. The molecule has 0 saturated carbocycles. The molecule has 9 aromatic carbocycles. The van der Waals surface area contributed by atoms with Crippen LogP contribution in [0.5, 0.6) is 0 Å². The summed E-state index contributed by atoms with van der Waals surface area (Å²) in [4.78, 5) is 0. The molecule has 0 bridgehead atoms. The molecule has 0 unspecified atom stereocenters. The maximum Gasteiger partial charge on any atom is 0.0538 e. The Balaban J connectivity index is 1.23. The molecule has 0 aliphatic carbocycles. The molecule has 0 radical (unpaired) electrons. The quantitative estimate of drug-likeness (QED) is 0.184. The van der Waals surface area contributed by atoms with Crippen LogP contribution in [0.2, 0.25) is 0 Å². The molecular weight excluding hydrogens is 641 g/mol. The van der Waals surface area contributed by atoms with Crippen LogP contribution in [0.3, 0.4) is 0 Å². The summed E-state index contributed by atoms with van der Waals surface area (Å²) < 4.78 is 2.46. The van der Waals surface area contributed by atoms with Crippen LogP contribution < -0.4 is 5.32 Å². The maximum absolute atomic E-state index is 3.50. The van der Waals surface area contributed by atoms with Crippen molar-refractivity contribution >= 4 is 60.1 Å². The second kappa shape index (κ2) is 11.8. The van der Waals surface area contributed by atoms with E-state index in [1.54, 1.807) is 0 Å². The minimum atomic E-state index is 0.792. The zero-order valence-corrected chi connectivity index (χ0v) is 29.1. The third kappa shape index (κ3) is 4.73. The molecule has 2 heterocycles. The molecule has 11 rings (SSSR count). The van der Waals surface area contributed by atoms with Crippen LogP contribution in [0.4, 0.5) is 0 Å². The lowest BCUT2D eigenvalue weighted by Crippen LogP contribution is -2.10. The molecule has 0 spiro atoms. The van der Waals surface area contributed by atoms with Crippen LogP contribution >= 0.6 is 0 Å². The van der Waals surface area contributed by atoms with E-state index in [1.807, 2.05) is 0 Å². The van der Waals surface area contributed by atoms with Gasteiger partial charge in [-0.1, -0.05) is 140 Å². The molecular formula is C51H34N2. The van der Waals surface area contributed by atoms with E-state index >= 15 is 0 Å². The van der Waals surface area contributed by atoms with Crippen LogP contribution in [0.1, 0.15) is 11.3 Å². The van der Waals surface area contributed by atoms with Gasteiger partial charge in [-0.05, 0) is 125 Å².